The van der Waals surface area contributed by atoms with Crippen molar-refractivity contribution in [3.05, 3.63) is 51.7 Å². The summed E-state index contributed by atoms with van der Waals surface area (Å²) in [7, 11) is 0. The Morgan fingerprint density at radius 1 is 1.30 bits per heavy atom. The molecule has 0 spiro atoms. The molecule has 0 saturated heterocycles. The zero-order chi connectivity index (χ0) is 14.7. The van der Waals surface area contributed by atoms with E-state index < -0.39 is 10.9 Å². The average molecular weight is 275 g/mol. The number of hydrogen-bond donors (Lipinski definition) is 1. The first-order valence-electron chi connectivity index (χ1n) is 5.47. The third-order valence-corrected chi connectivity index (χ3v) is 2.39. The van der Waals surface area contributed by atoms with Gasteiger partial charge in [0.15, 0.2) is 0 Å². The Morgan fingerprint density at radius 3 is 2.60 bits per heavy atom. The molecular weight excluding hydrogens is 266 g/mol. The van der Waals surface area contributed by atoms with Crippen LogP contribution in [0.1, 0.15) is 16.1 Å². The molecule has 0 aliphatic heterocycles. The molecule has 0 radical (unpaired) electrons. The molecule has 0 bridgehead atoms. The maximum atomic E-state index is 10.9. The summed E-state index contributed by atoms with van der Waals surface area (Å²) in [5, 5.41) is 27.2. The van der Waals surface area contributed by atoms with E-state index >= 15 is 0 Å². The second-order valence-corrected chi connectivity index (χ2v) is 3.86. The van der Waals surface area contributed by atoms with Crippen molar-refractivity contribution in [3.8, 4) is 11.6 Å². The van der Waals surface area contributed by atoms with E-state index in [4.69, 9.17) is 9.84 Å². The van der Waals surface area contributed by atoms with Crippen LogP contribution in [0.4, 0.5) is 5.69 Å². The summed E-state index contributed by atoms with van der Waals surface area (Å²) in [6.07, 6.45) is 0. The number of carbonyl (C=O) groups is 1. The molecule has 2 aromatic rings. The number of aromatic nitrogens is 2. The summed E-state index contributed by atoms with van der Waals surface area (Å²) >= 11 is 0. The molecule has 0 unspecified atom stereocenters. The van der Waals surface area contributed by atoms with Gasteiger partial charge in [-0.25, -0.2) is 4.79 Å². The van der Waals surface area contributed by atoms with Gasteiger partial charge < -0.3 is 9.84 Å². The van der Waals surface area contributed by atoms with E-state index in [1.807, 2.05) is 0 Å². The quantitative estimate of drug-likeness (QED) is 0.671. The van der Waals surface area contributed by atoms with Crippen molar-refractivity contribution < 1.29 is 19.6 Å². The molecular formula is C12H9N3O5. The van der Waals surface area contributed by atoms with Crippen LogP contribution in [0.25, 0.3) is 0 Å². The van der Waals surface area contributed by atoms with Gasteiger partial charge in [0.05, 0.1) is 16.2 Å². The second-order valence-electron chi connectivity index (χ2n) is 3.86. The summed E-state index contributed by atoms with van der Waals surface area (Å²) in [5.41, 5.74) is 0.189. The highest BCUT2D eigenvalue weighted by Crippen LogP contribution is 2.31. The average Bonchev–Trinajstić information content (AvgIpc) is 2.41. The largest absolute Gasteiger partial charge is 0.478 e. The van der Waals surface area contributed by atoms with Crippen LogP contribution in [0.2, 0.25) is 0 Å². The minimum atomic E-state index is -1.21. The number of nitro benzene ring substituents is 1. The molecule has 0 amide bonds. The molecule has 1 N–H and O–H groups in total. The standard InChI is InChI=1S/C12H9N3O5/c1-7-2-5-11(14-13-7)20-10-6-8(12(16)17)3-4-9(10)15(18)19/h2-6H,1H3,(H,16,17). The number of nitrogens with zero attached hydrogens (tertiary/aromatic N) is 3. The van der Waals surface area contributed by atoms with Crippen molar-refractivity contribution in [2.75, 3.05) is 0 Å². The van der Waals surface area contributed by atoms with Crippen LogP contribution in [0.15, 0.2) is 30.3 Å². The van der Waals surface area contributed by atoms with Crippen molar-refractivity contribution in [2.24, 2.45) is 0 Å². The third kappa shape index (κ3) is 2.86. The first-order valence-corrected chi connectivity index (χ1v) is 5.47. The van der Waals surface area contributed by atoms with Crippen LogP contribution in [0, 0.1) is 17.0 Å². The summed E-state index contributed by atoms with van der Waals surface area (Å²) in [5.74, 6) is -1.37. The number of carboxylic acids is 1. The lowest BCUT2D eigenvalue weighted by Gasteiger charge is -2.05. The van der Waals surface area contributed by atoms with Gasteiger partial charge in [-0.05, 0) is 19.1 Å². The Morgan fingerprint density at radius 2 is 2.05 bits per heavy atom. The monoisotopic (exact) mass is 275 g/mol. The molecule has 0 aliphatic rings. The van der Waals surface area contributed by atoms with Gasteiger partial charge in [0.1, 0.15) is 0 Å². The Kier molecular flexibility index (Phi) is 3.56. The van der Waals surface area contributed by atoms with E-state index in [-0.39, 0.29) is 22.9 Å². The zero-order valence-electron chi connectivity index (χ0n) is 10.3. The maximum Gasteiger partial charge on any atom is 0.335 e. The first-order chi connectivity index (χ1) is 9.47. The molecule has 1 aromatic carbocycles. The SMILES string of the molecule is Cc1ccc(Oc2cc(C(=O)O)ccc2[N+](=O)[O-])nn1. The first kappa shape index (κ1) is 13.4. The predicted molar refractivity (Wildman–Crippen MR) is 66.9 cm³/mol. The van der Waals surface area contributed by atoms with Crippen molar-refractivity contribution >= 4 is 11.7 Å². The molecule has 8 nitrogen and oxygen atoms in total. The molecule has 0 saturated carbocycles. The van der Waals surface area contributed by atoms with E-state index in [1.165, 1.54) is 6.07 Å². The van der Waals surface area contributed by atoms with Crippen molar-refractivity contribution in [1.82, 2.24) is 10.2 Å². The van der Waals surface area contributed by atoms with Gasteiger partial charge in [0, 0.05) is 18.2 Å². The number of ether oxygens (including phenoxy) is 1. The zero-order valence-corrected chi connectivity index (χ0v) is 10.3. The third-order valence-electron chi connectivity index (χ3n) is 2.39. The summed E-state index contributed by atoms with van der Waals surface area (Å²) in [6.45, 7) is 1.73. The van der Waals surface area contributed by atoms with Gasteiger partial charge in [0.25, 0.3) is 0 Å². The van der Waals surface area contributed by atoms with E-state index in [0.717, 1.165) is 18.2 Å². The summed E-state index contributed by atoms with van der Waals surface area (Å²) < 4.78 is 5.24. The Balaban J connectivity index is 2.41. The fraction of sp³-hybridized carbons (Fsp3) is 0.0833. The maximum absolute atomic E-state index is 10.9. The van der Waals surface area contributed by atoms with E-state index in [2.05, 4.69) is 10.2 Å². The molecule has 0 atom stereocenters. The number of aryl methyl sites for hydroxylation is 1. The fourth-order valence-electron chi connectivity index (χ4n) is 1.43. The molecule has 1 aromatic heterocycles. The van der Waals surface area contributed by atoms with Crippen LogP contribution < -0.4 is 4.74 Å². The van der Waals surface area contributed by atoms with Crippen LogP contribution >= 0.6 is 0 Å². The predicted octanol–water partition coefficient (Wildman–Crippen LogP) is 2.18. The van der Waals surface area contributed by atoms with Gasteiger partial charge in [-0.15, -0.1) is 5.10 Å². The van der Waals surface area contributed by atoms with Gasteiger partial charge in [0.2, 0.25) is 11.6 Å². The van der Waals surface area contributed by atoms with Crippen molar-refractivity contribution in [3.63, 3.8) is 0 Å². The number of aromatic carboxylic acids is 1. The Hall–Kier alpha value is -3.03. The molecule has 1 heterocycles. The molecule has 0 fully saturated rings. The summed E-state index contributed by atoms with van der Waals surface area (Å²) in [6, 6.07) is 6.38. The normalized spacial score (nSPS) is 10.1. The smallest absolute Gasteiger partial charge is 0.335 e. The lowest BCUT2D eigenvalue weighted by atomic mass is 10.2. The lowest BCUT2D eigenvalue weighted by molar-refractivity contribution is -0.385. The highest BCUT2D eigenvalue weighted by atomic mass is 16.6. The van der Waals surface area contributed by atoms with Crippen LogP contribution in [0.3, 0.4) is 0 Å². The summed E-state index contributed by atoms with van der Waals surface area (Å²) in [4.78, 5) is 21.1. The van der Waals surface area contributed by atoms with E-state index in [9.17, 15) is 14.9 Å². The van der Waals surface area contributed by atoms with Crippen LogP contribution in [-0.4, -0.2) is 26.2 Å². The number of rotatable bonds is 4. The molecule has 20 heavy (non-hydrogen) atoms. The Bertz CT molecular complexity index is 669. The number of nitro groups is 1. The van der Waals surface area contributed by atoms with Crippen LogP contribution in [-0.2, 0) is 0 Å². The lowest BCUT2D eigenvalue weighted by Crippen LogP contribution is -2.00. The minimum absolute atomic E-state index is 0.0428. The highest BCUT2D eigenvalue weighted by Gasteiger charge is 2.19. The van der Waals surface area contributed by atoms with Gasteiger partial charge in [-0.3, -0.25) is 10.1 Å². The van der Waals surface area contributed by atoms with E-state index in [1.54, 1.807) is 13.0 Å². The number of benzene rings is 1. The minimum Gasteiger partial charge on any atom is -0.478 e. The Labute approximate surface area is 112 Å². The molecule has 8 heteroatoms. The topological polar surface area (TPSA) is 115 Å². The number of hydrogen-bond acceptors (Lipinski definition) is 6. The van der Waals surface area contributed by atoms with Gasteiger partial charge in [-0.1, -0.05) is 0 Å². The number of carboxylic acid groups (broad SMARTS) is 1. The van der Waals surface area contributed by atoms with Crippen LogP contribution in [0.5, 0.6) is 11.6 Å². The van der Waals surface area contributed by atoms with Crippen molar-refractivity contribution in [2.45, 2.75) is 6.92 Å². The highest BCUT2D eigenvalue weighted by molar-refractivity contribution is 5.88. The fourth-order valence-corrected chi connectivity index (χ4v) is 1.43. The van der Waals surface area contributed by atoms with Crippen molar-refractivity contribution in [1.29, 1.82) is 0 Å². The van der Waals surface area contributed by atoms with Gasteiger partial charge in [-0.2, -0.15) is 5.10 Å². The molecule has 0 aliphatic carbocycles. The molecule has 102 valence electrons. The second kappa shape index (κ2) is 5.31. The van der Waals surface area contributed by atoms with E-state index in [0.29, 0.717) is 5.69 Å². The van der Waals surface area contributed by atoms with Gasteiger partial charge >= 0.3 is 11.7 Å². The molecule has 2 rings (SSSR count).